The molecule has 7 nitrogen and oxygen atoms in total. The fraction of sp³-hybridized carbons (Fsp3) is 0.571. The third kappa shape index (κ3) is 3.15. The monoisotopic (exact) mass is 292 g/mol. The second-order valence-electron chi connectivity index (χ2n) is 5.23. The molecule has 0 unspecified atom stereocenters. The normalized spacial score (nSPS) is 23.0. The molecule has 0 saturated carbocycles. The molecule has 1 fully saturated rings. The molecule has 1 aliphatic heterocycles. The quantitative estimate of drug-likeness (QED) is 0.869. The van der Waals surface area contributed by atoms with Gasteiger partial charge in [0.1, 0.15) is 12.4 Å². The molecule has 2 aromatic rings. The highest BCUT2D eigenvalue weighted by Crippen LogP contribution is 2.32. The van der Waals surface area contributed by atoms with Gasteiger partial charge in [-0.25, -0.2) is 4.98 Å². The van der Waals surface area contributed by atoms with Crippen LogP contribution >= 0.6 is 0 Å². The van der Waals surface area contributed by atoms with Gasteiger partial charge >= 0.3 is 0 Å². The van der Waals surface area contributed by atoms with E-state index in [-0.39, 0.29) is 12.1 Å². The SMILES string of the molecule is COCc1cc(CN2C[C@H](OC)C[C@H]2c2ncc[nH]2)no1. The van der Waals surface area contributed by atoms with Crippen LogP contribution in [0.4, 0.5) is 0 Å². The highest BCUT2D eigenvalue weighted by atomic mass is 16.5. The molecular formula is C14H20N4O3. The average Bonchev–Trinajstić information content (AvgIpc) is 3.19. The van der Waals surface area contributed by atoms with Crippen LogP contribution in [0.25, 0.3) is 0 Å². The van der Waals surface area contributed by atoms with Crippen molar-refractivity contribution >= 4 is 0 Å². The maximum atomic E-state index is 5.50. The summed E-state index contributed by atoms with van der Waals surface area (Å²) < 4.78 is 15.8. The van der Waals surface area contributed by atoms with Crippen LogP contribution in [0, 0.1) is 0 Å². The van der Waals surface area contributed by atoms with E-state index in [0.29, 0.717) is 13.2 Å². The first-order valence-electron chi connectivity index (χ1n) is 6.99. The first kappa shape index (κ1) is 14.2. The Morgan fingerprint density at radius 1 is 1.48 bits per heavy atom. The molecular weight excluding hydrogens is 272 g/mol. The fourth-order valence-electron chi connectivity index (χ4n) is 2.80. The maximum absolute atomic E-state index is 5.50. The number of hydrogen-bond acceptors (Lipinski definition) is 6. The van der Waals surface area contributed by atoms with E-state index in [1.54, 1.807) is 20.4 Å². The van der Waals surface area contributed by atoms with E-state index in [2.05, 4.69) is 20.0 Å². The summed E-state index contributed by atoms with van der Waals surface area (Å²) in [4.78, 5) is 9.88. The van der Waals surface area contributed by atoms with Crippen molar-refractivity contribution in [1.82, 2.24) is 20.0 Å². The number of nitrogens with one attached hydrogen (secondary N) is 1. The van der Waals surface area contributed by atoms with Crippen LogP contribution in [0.1, 0.15) is 29.7 Å². The number of ether oxygens (including phenoxy) is 2. The topological polar surface area (TPSA) is 76.4 Å². The van der Waals surface area contributed by atoms with Crippen LogP contribution in [0.3, 0.4) is 0 Å². The van der Waals surface area contributed by atoms with Crippen molar-refractivity contribution in [2.75, 3.05) is 20.8 Å². The number of rotatable bonds is 6. The second-order valence-corrected chi connectivity index (χ2v) is 5.23. The summed E-state index contributed by atoms with van der Waals surface area (Å²) in [5, 5.41) is 4.10. The standard InChI is InChI=1S/C14H20N4O3/c1-19-9-12-5-10(17-21-12)7-18-8-11(20-2)6-13(18)14-15-3-4-16-14/h3-5,11,13H,6-9H2,1-2H3,(H,15,16)/t11-,13+/m1/s1. The van der Waals surface area contributed by atoms with Gasteiger partial charge in [0.25, 0.3) is 0 Å². The molecule has 2 atom stereocenters. The van der Waals surface area contributed by atoms with Crippen molar-refractivity contribution in [2.24, 2.45) is 0 Å². The van der Waals surface area contributed by atoms with Gasteiger partial charge in [-0.1, -0.05) is 5.16 Å². The fourth-order valence-corrected chi connectivity index (χ4v) is 2.80. The first-order chi connectivity index (χ1) is 10.3. The number of H-pyrrole nitrogens is 1. The van der Waals surface area contributed by atoms with Crippen LogP contribution in [-0.2, 0) is 22.6 Å². The van der Waals surface area contributed by atoms with Crippen molar-refractivity contribution in [3.05, 3.63) is 35.7 Å². The van der Waals surface area contributed by atoms with Gasteiger partial charge in [0.2, 0.25) is 0 Å². The Morgan fingerprint density at radius 3 is 3.10 bits per heavy atom. The summed E-state index contributed by atoms with van der Waals surface area (Å²) in [6.07, 6.45) is 4.76. The van der Waals surface area contributed by atoms with E-state index in [4.69, 9.17) is 14.0 Å². The molecule has 1 aliphatic rings. The lowest BCUT2D eigenvalue weighted by Gasteiger charge is -2.20. The summed E-state index contributed by atoms with van der Waals surface area (Å²) in [6.45, 7) is 2.00. The number of imidazole rings is 1. The zero-order valence-electron chi connectivity index (χ0n) is 12.3. The number of aromatic nitrogens is 3. The molecule has 0 aromatic carbocycles. The van der Waals surface area contributed by atoms with E-state index in [1.807, 2.05) is 12.3 Å². The Labute approximate surface area is 123 Å². The third-order valence-electron chi connectivity index (χ3n) is 3.79. The van der Waals surface area contributed by atoms with Crippen LogP contribution < -0.4 is 0 Å². The van der Waals surface area contributed by atoms with E-state index in [1.165, 1.54) is 0 Å². The molecule has 0 amide bonds. The van der Waals surface area contributed by atoms with Crippen molar-refractivity contribution in [3.8, 4) is 0 Å². The minimum Gasteiger partial charge on any atom is -0.380 e. The number of methoxy groups -OCH3 is 2. The van der Waals surface area contributed by atoms with Gasteiger partial charge in [0, 0.05) is 45.8 Å². The molecule has 1 N–H and O–H groups in total. The number of hydrogen-bond donors (Lipinski definition) is 1. The molecule has 0 spiro atoms. The average molecular weight is 292 g/mol. The Kier molecular flexibility index (Phi) is 4.33. The van der Waals surface area contributed by atoms with Crippen molar-refractivity contribution in [2.45, 2.75) is 31.7 Å². The lowest BCUT2D eigenvalue weighted by atomic mass is 10.2. The molecule has 0 radical (unpaired) electrons. The molecule has 3 heterocycles. The van der Waals surface area contributed by atoms with Gasteiger partial charge in [-0.15, -0.1) is 0 Å². The van der Waals surface area contributed by atoms with E-state index in [0.717, 1.165) is 30.2 Å². The maximum Gasteiger partial charge on any atom is 0.162 e. The van der Waals surface area contributed by atoms with Crippen LogP contribution in [-0.4, -0.2) is 46.9 Å². The predicted octanol–water partition coefficient (Wildman–Crippen LogP) is 1.51. The zero-order valence-corrected chi connectivity index (χ0v) is 12.3. The molecule has 2 aromatic heterocycles. The van der Waals surface area contributed by atoms with E-state index in [9.17, 15) is 0 Å². The lowest BCUT2D eigenvalue weighted by molar-refractivity contribution is 0.107. The smallest absolute Gasteiger partial charge is 0.162 e. The van der Waals surface area contributed by atoms with Gasteiger partial charge in [-0.3, -0.25) is 4.90 Å². The number of aromatic amines is 1. The van der Waals surface area contributed by atoms with Crippen LogP contribution in [0.5, 0.6) is 0 Å². The van der Waals surface area contributed by atoms with Gasteiger partial charge in [-0.2, -0.15) is 0 Å². The second kappa shape index (κ2) is 6.38. The van der Waals surface area contributed by atoms with E-state index >= 15 is 0 Å². The molecule has 3 rings (SSSR count). The lowest BCUT2D eigenvalue weighted by Crippen LogP contribution is -2.25. The third-order valence-corrected chi connectivity index (χ3v) is 3.79. The molecule has 1 saturated heterocycles. The molecule has 114 valence electrons. The highest BCUT2D eigenvalue weighted by molar-refractivity contribution is 5.08. The van der Waals surface area contributed by atoms with E-state index < -0.39 is 0 Å². The first-order valence-corrected chi connectivity index (χ1v) is 6.99. The zero-order chi connectivity index (χ0) is 14.7. The van der Waals surface area contributed by atoms with Crippen molar-refractivity contribution in [1.29, 1.82) is 0 Å². The number of nitrogens with zero attached hydrogens (tertiary/aromatic N) is 3. The molecule has 7 heteroatoms. The largest absolute Gasteiger partial charge is 0.380 e. The van der Waals surface area contributed by atoms with Crippen molar-refractivity contribution < 1.29 is 14.0 Å². The molecule has 21 heavy (non-hydrogen) atoms. The number of likely N-dealkylation sites (tertiary alicyclic amines) is 1. The summed E-state index contributed by atoms with van der Waals surface area (Å²) >= 11 is 0. The summed E-state index contributed by atoms with van der Waals surface area (Å²) in [5.74, 6) is 1.71. The Balaban J connectivity index is 1.72. The minimum absolute atomic E-state index is 0.213. The van der Waals surface area contributed by atoms with Gasteiger partial charge in [-0.05, 0) is 6.42 Å². The van der Waals surface area contributed by atoms with Crippen molar-refractivity contribution in [3.63, 3.8) is 0 Å². The van der Waals surface area contributed by atoms with Crippen LogP contribution in [0.15, 0.2) is 23.0 Å². The van der Waals surface area contributed by atoms with Gasteiger partial charge < -0.3 is 19.0 Å². The van der Waals surface area contributed by atoms with Gasteiger partial charge in [0.05, 0.1) is 17.8 Å². The Hall–Kier alpha value is -1.70. The summed E-state index contributed by atoms with van der Waals surface area (Å²) in [6, 6.07) is 2.15. The van der Waals surface area contributed by atoms with Crippen LogP contribution in [0.2, 0.25) is 0 Å². The predicted molar refractivity (Wildman–Crippen MR) is 74.4 cm³/mol. The summed E-state index contributed by atoms with van der Waals surface area (Å²) in [7, 11) is 3.39. The summed E-state index contributed by atoms with van der Waals surface area (Å²) in [5.41, 5.74) is 0.898. The molecule has 0 aliphatic carbocycles. The Bertz CT molecular complexity index is 554. The molecule has 0 bridgehead atoms. The highest BCUT2D eigenvalue weighted by Gasteiger charge is 2.35. The van der Waals surface area contributed by atoms with Gasteiger partial charge in [0.15, 0.2) is 5.76 Å². The Morgan fingerprint density at radius 2 is 2.38 bits per heavy atom. The minimum atomic E-state index is 0.213.